The Morgan fingerprint density at radius 1 is 1.14 bits per heavy atom. The van der Waals surface area contributed by atoms with Crippen LogP contribution in [0.3, 0.4) is 0 Å². The maximum absolute atomic E-state index is 12.5. The van der Waals surface area contributed by atoms with Crippen LogP contribution in [0.5, 0.6) is 5.75 Å². The highest BCUT2D eigenvalue weighted by atomic mass is 16.5. The lowest BCUT2D eigenvalue weighted by Gasteiger charge is -2.30. The van der Waals surface area contributed by atoms with Gasteiger partial charge in [-0.3, -0.25) is 14.5 Å². The first-order valence-electron chi connectivity index (χ1n) is 7.16. The summed E-state index contributed by atoms with van der Waals surface area (Å²) in [4.78, 5) is 28.0. The average molecular weight is 302 g/mol. The van der Waals surface area contributed by atoms with Gasteiger partial charge in [0.1, 0.15) is 5.75 Å². The zero-order chi connectivity index (χ0) is 15.7. The molecule has 0 aromatic heterocycles. The molecule has 1 fully saturated rings. The molecule has 0 aliphatic carbocycles. The molecular formula is C16H18N2O4. The number of likely N-dealkylation sites (N-methyl/N-ethyl adjacent to an activating group) is 1. The number of imide groups is 1. The fourth-order valence-electron chi connectivity index (χ4n) is 2.64. The number of morpholine rings is 1. The van der Waals surface area contributed by atoms with Gasteiger partial charge in [0.25, 0.3) is 11.8 Å². The molecule has 0 atom stereocenters. The van der Waals surface area contributed by atoms with E-state index in [0.29, 0.717) is 35.7 Å². The van der Waals surface area contributed by atoms with Crippen LogP contribution in [0.4, 0.5) is 0 Å². The Bertz CT molecular complexity index is 648. The van der Waals surface area contributed by atoms with Gasteiger partial charge < -0.3 is 14.4 Å². The second-order valence-electron chi connectivity index (χ2n) is 5.27. The number of hydrogen-bond acceptors (Lipinski definition) is 5. The first kappa shape index (κ1) is 14.6. The molecule has 0 spiro atoms. The highest BCUT2D eigenvalue weighted by Gasteiger charge is 2.33. The van der Waals surface area contributed by atoms with Crippen molar-refractivity contribution in [3.63, 3.8) is 0 Å². The van der Waals surface area contributed by atoms with E-state index < -0.39 is 0 Å². The Morgan fingerprint density at radius 3 is 2.55 bits per heavy atom. The molecule has 1 saturated heterocycles. The van der Waals surface area contributed by atoms with Gasteiger partial charge in [-0.25, -0.2) is 0 Å². The zero-order valence-corrected chi connectivity index (χ0v) is 12.7. The SMILES string of the molecule is COc1ccc2c(c1)C(=O)N(C)C(=O)/C2=C/N1CCOCC1. The van der Waals surface area contributed by atoms with E-state index in [9.17, 15) is 9.59 Å². The lowest BCUT2D eigenvalue weighted by molar-refractivity contribution is -0.121. The molecule has 6 heteroatoms. The Hall–Kier alpha value is -2.34. The minimum atomic E-state index is -0.307. The first-order valence-corrected chi connectivity index (χ1v) is 7.16. The number of carbonyl (C=O) groups excluding carboxylic acids is 2. The molecule has 3 rings (SSSR count). The summed E-state index contributed by atoms with van der Waals surface area (Å²) in [6.45, 7) is 2.75. The fraction of sp³-hybridized carbons (Fsp3) is 0.375. The van der Waals surface area contributed by atoms with Gasteiger partial charge in [-0.05, 0) is 18.2 Å². The van der Waals surface area contributed by atoms with Crippen LogP contribution in [0.25, 0.3) is 5.57 Å². The molecule has 2 aliphatic rings. The minimum absolute atomic E-state index is 0.283. The lowest BCUT2D eigenvalue weighted by atomic mass is 9.94. The van der Waals surface area contributed by atoms with Crippen LogP contribution >= 0.6 is 0 Å². The third-order valence-electron chi connectivity index (χ3n) is 3.94. The smallest absolute Gasteiger partial charge is 0.262 e. The summed E-state index contributed by atoms with van der Waals surface area (Å²) >= 11 is 0. The van der Waals surface area contributed by atoms with Crippen molar-refractivity contribution >= 4 is 17.4 Å². The Kier molecular flexibility index (Phi) is 3.85. The predicted octanol–water partition coefficient (Wildman–Crippen LogP) is 0.980. The molecule has 2 heterocycles. The van der Waals surface area contributed by atoms with Crippen LogP contribution in [0.15, 0.2) is 24.4 Å². The fourth-order valence-corrected chi connectivity index (χ4v) is 2.64. The summed E-state index contributed by atoms with van der Waals surface area (Å²) in [6.07, 6.45) is 1.83. The first-order chi connectivity index (χ1) is 10.6. The highest BCUT2D eigenvalue weighted by molar-refractivity contribution is 6.30. The van der Waals surface area contributed by atoms with E-state index in [1.807, 2.05) is 11.1 Å². The van der Waals surface area contributed by atoms with Gasteiger partial charge in [-0.2, -0.15) is 0 Å². The molecular weight excluding hydrogens is 284 g/mol. The van der Waals surface area contributed by atoms with Gasteiger partial charge in [0.05, 0.1) is 31.5 Å². The minimum Gasteiger partial charge on any atom is -0.497 e. The van der Waals surface area contributed by atoms with E-state index >= 15 is 0 Å². The number of benzene rings is 1. The van der Waals surface area contributed by atoms with Crippen molar-refractivity contribution < 1.29 is 19.1 Å². The second kappa shape index (κ2) is 5.81. The van der Waals surface area contributed by atoms with Gasteiger partial charge >= 0.3 is 0 Å². The molecule has 22 heavy (non-hydrogen) atoms. The third-order valence-corrected chi connectivity index (χ3v) is 3.94. The molecule has 116 valence electrons. The van der Waals surface area contributed by atoms with E-state index in [2.05, 4.69) is 0 Å². The van der Waals surface area contributed by atoms with Crippen molar-refractivity contribution in [3.8, 4) is 5.75 Å². The molecule has 0 radical (unpaired) electrons. The van der Waals surface area contributed by atoms with E-state index in [-0.39, 0.29) is 11.8 Å². The van der Waals surface area contributed by atoms with Crippen LogP contribution in [-0.2, 0) is 9.53 Å². The maximum atomic E-state index is 12.5. The normalized spacial score (nSPS) is 20.4. The lowest BCUT2D eigenvalue weighted by Crippen LogP contribution is -2.40. The number of hydrogen-bond donors (Lipinski definition) is 0. The number of fused-ring (bicyclic) bond motifs is 1. The summed E-state index contributed by atoms with van der Waals surface area (Å²) < 4.78 is 10.5. The Balaban J connectivity index is 2.06. The van der Waals surface area contributed by atoms with Crippen LogP contribution in [0.2, 0.25) is 0 Å². The number of nitrogens with zero attached hydrogens (tertiary/aromatic N) is 2. The van der Waals surface area contributed by atoms with E-state index in [0.717, 1.165) is 18.0 Å². The van der Waals surface area contributed by atoms with Crippen LogP contribution in [0, 0.1) is 0 Å². The summed E-state index contributed by atoms with van der Waals surface area (Å²) in [5.41, 5.74) is 1.67. The van der Waals surface area contributed by atoms with Crippen molar-refractivity contribution in [1.82, 2.24) is 9.80 Å². The Labute approximate surface area is 128 Å². The summed E-state index contributed by atoms with van der Waals surface area (Å²) in [6, 6.07) is 5.20. The van der Waals surface area contributed by atoms with Gasteiger partial charge in [-0.1, -0.05) is 0 Å². The third kappa shape index (κ3) is 2.46. The van der Waals surface area contributed by atoms with Crippen LogP contribution in [0.1, 0.15) is 15.9 Å². The van der Waals surface area contributed by atoms with Crippen molar-refractivity contribution in [2.24, 2.45) is 0 Å². The number of amides is 2. The molecule has 2 amide bonds. The van der Waals surface area contributed by atoms with Crippen LogP contribution < -0.4 is 4.74 Å². The monoisotopic (exact) mass is 302 g/mol. The van der Waals surface area contributed by atoms with Gasteiger partial charge in [0.15, 0.2) is 0 Å². The van der Waals surface area contributed by atoms with Gasteiger partial charge in [0.2, 0.25) is 0 Å². The van der Waals surface area contributed by atoms with Crippen molar-refractivity contribution in [3.05, 3.63) is 35.5 Å². The number of carbonyl (C=O) groups is 2. The van der Waals surface area contributed by atoms with Crippen LogP contribution in [-0.4, -0.2) is 62.1 Å². The standard InChI is InChI=1S/C16H18N2O4/c1-17-15(19)13-9-11(21-2)3-4-12(13)14(16(17)20)10-18-5-7-22-8-6-18/h3-4,9-10H,5-8H2,1-2H3/b14-10+. The molecule has 0 unspecified atom stereocenters. The largest absolute Gasteiger partial charge is 0.497 e. The number of methoxy groups -OCH3 is 1. The topological polar surface area (TPSA) is 59.1 Å². The molecule has 1 aromatic carbocycles. The van der Waals surface area contributed by atoms with Crippen molar-refractivity contribution in [1.29, 1.82) is 0 Å². The molecule has 6 nitrogen and oxygen atoms in total. The average Bonchev–Trinajstić information content (AvgIpc) is 2.57. The summed E-state index contributed by atoms with van der Waals surface area (Å²) in [5, 5.41) is 0. The molecule has 0 bridgehead atoms. The van der Waals surface area contributed by atoms with Gasteiger partial charge in [-0.15, -0.1) is 0 Å². The van der Waals surface area contributed by atoms with Crippen molar-refractivity contribution in [2.75, 3.05) is 40.5 Å². The van der Waals surface area contributed by atoms with E-state index in [4.69, 9.17) is 9.47 Å². The summed E-state index contributed by atoms with van der Waals surface area (Å²) in [5.74, 6) is 0.00718. The maximum Gasteiger partial charge on any atom is 0.262 e. The molecule has 1 aromatic rings. The van der Waals surface area contributed by atoms with E-state index in [1.165, 1.54) is 7.05 Å². The second-order valence-corrected chi connectivity index (χ2v) is 5.27. The summed E-state index contributed by atoms with van der Waals surface area (Å²) in [7, 11) is 3.05. The quantitative estimate of drug-likeness (QED) is 0.602. The number of ether oxygens (including phenoxy) is 2. The Morgan fingerprint density at radius 2 is 1.86 bits per heavy atom. The molecule has 0 N–H and O–H groups in total. The van der Waals surface area contributed by atoms with E-state index in [1.54, 1.807) is 25.3 Å². The highest BCUT2D eigenvalue weighted by Crippen LogP contribution is 2.31. The zero-order valence-electron chi connectivity index (χ0n) is 12.7. The van der Waals surface area contributed by atoms with Crippen molar-refractivity contribution in [2.45, 2.75) is 0 Å². The molecule has 0 saturated carbocycles. The molecule has 2 aliphatic heterocycles. The van der Waals surface area contributed by atoms with Gasteiger partial charge in [0, 0.05) is 31.9 Å². The number of rotatable bonds is 2. The predicted molar refractivity (Wildman–Crippen MR) is 80.5 cm³/mol.